The van der Waals surface area contributed by atoms with Gasteiger partial charge in [0.25, 0.3) is 0 Å². The lowest BCUT2D eigenvalue weighted by molar-refractivity contribution is 0.144. The first-order chi connectivity index (χ1) is 9.30. The Morgan fingerprint density at radius 2 is 1.89 bits per heavy atom. The summed E-state index contributed by atoms with van der Waals surface area (Å²) in [6, 6.07) is 0.0198. The predicted octanol–water partition coefficient (Wildman–Crippen LogP) is 1.16. The summed E-state index contributed by atoms with van der Waals surface area (Å²) in [5.41, 5.74) is -0.392. The summed E-state index contributed by atoms with van der Waals surface area (Å²) in [6.45, 7) is 1.71. The molecule has 1 aliphatic carbocycles. The van der Waals surface area contributed by atoms with E-state index in [4.69, 9.17) is 0 Å². The molecule has 7 nitrogen and oxygen atoms in total. The first kappa shape index (κ1) is 12.4. The van der Waals surface area contributed by atoms with Crippen LogP contribution < -0.4 is 5.32 Å². The summed E-state index contributed by atoms with van der Waals surface area (Å²) in [5.74, 6) is 0.613. The number of urea groups is 1. The molecule has 2 N–H and O–H groups in total. The van der Waals surface area contributed by atoms with Crippen LogP contribution in [0.5, 0.6) is 0 Å². The maximum absolute atomic E-state index is 12.4. The van der Waals surface area contributed by atoms with E-state index < -0.39 is 5.54 Å². The van der Waals surface area contributed by atoms with Gasteiger partial charge in [-0.05, 0) is 32.1 Å². The minimum atomic E-state index is -0.392. The Hall–Kier alpha value is -1.66. The van der Waals surface area contributed by atoms with Gasteiger partial charge in [0.1, 0.15) is 5.54 Å². The summed E-state index contributed by atoms with van der Waals surface area (Å²) in [5, 5.41) is 17.3. The number of rotatable bonds is 2. The van der Waals surface area contributed by atoms with Crippen molar-refractivity contribution in [3.05, 3.63) is 5.82 Å². The summed E-state index contributed by atoms with van der Waals surface area (Å²) in [4.78, 5) is 14.3. The summed E-state index contributed by atoms with van der Waals surface area (Å²) < 4.78 is 0. The molecule has 1 aromatic rings. The van der Waals surface area contributed by atoms with Gasteiger partial charge in [0, 0.05) is 13.1 Å². The fourth-order valence-corrected chi connectivity index (χ4v) is 2.86. The molecule has 2 heterocycles. The molecule has 0 aromatic carbocycles. The lowest BCUT2D eigenvalue weighted by atomic mass is 9.76. The highest BCUT2D eigenvalue weighted by atomic mass is 16.2. The van der Waals surface area contributed by atoms with Gasteiger partial charge in [0.15, 0.2) is 5.82 Å². The SMILES string of the molecule is O=C(NC1(c2nn[nH]n2)CCC1)N1CCCCCC1. The number of likely N-dealkylation sites (tertiary alicyclic amines) is 1. The molecular weight excluding hydrogens is 244 g/mol. The second-order valence-corrected chi connectivity index (χ2v) is 5.50. The lowest BCUT2D eigenvalue weighted by Gasteiger charge is -2.40. The molecule has 2 amide bonds. The van der Waals surface area contributed by atoms with Crippen molar-refractivity contribution in [1.82, 2.24) is 30.8 Å². The van der Waals surface area contributed by atoms with E-state index in [1.165, 1.54) is 12.8 Å². The topological polar surface area (TPSA) is 86.8 Å². The monoisotopic (exact) mass is 264 g/mol. The van der Waals surface area contributed by atoms with E-state index in [0.717, 1.165) is 45.2 Å². The normalized spacial score (nSPS) is 22.4. The molecule has 3 rings (SSSR count). The molecule has 0 radical (unpaired) electrons. The van der Waals surface area contributed by atoms with Crippen molar-refractivity contribution < 1.29 is 4.79 Å². The number of aromatic nitrogens is 4. The Balaban J connectivity index is 1.67. The Bertz CT molecular complexity index is 419. The lowest BCUT2D eigenvalue weighted by Crippen LogP contribution is -2.55. The standard InChI is InChI=1S/C12H20N6O/c19-11(18-8-3-1-2-4-9-18)13-12(6-5-7-12)10-14-16-17-15-10/h1-9H2,(H,13,19)(H,14,15,16,17). The molecular formula is C12H20N6O. The molecule has 1 aliphatic heterocycles. The Morgan fingerprint density at radius 1 is 1.16 bits per heavy atom. The van der Waals surface area contributed by atoms with Crippen molar-refractivity contribution in [3.63, 3.8) is 0 Å². The number of amides is 2. The fraction of sp³-hybridized carbons (Fsp3) is 0.833. The van der Waals surface area contributed by atoms with Crippen molar-refractivity contribution >= 4 is 6.03 Å². The zero-order chi connectivity index (χ0) is 13.1. The third-order valence-electron chi connectivity index (χ3n) is 4.22. The molecule has 2 fully saturated rings. The fourth-order valence-electron chi connectivity index (χ4n) is 2.86. The maximum atomic E-state index is 12.4. The molecule has 0 atom stereocenters. The number of hydrogen-bond donors (Lipinski definition) is 2. The van der Waals surface area contributed by atoms with Crippen LogP contribution in [0.15, 0.2) is 0 Å². The average Bonchev–Trinajstić information content (AvgIpc) is 2.75. The number of nitrogens with one attached hydrogen (secondary N) is 2. The predicted molar refractivity (Wildman–Crippen MR) is 68.3 cm³/mol. The van der Waals surface area contributed by atoms with Crippen LogP contribution in [0.1, 0.15) is 50.8 Å². The van der Waals surface area contributed by atoms with Gasteiger partial charge in [0.05, 0.1) is 0 Å². The molecule has 19 heavy (non-hydrogen) atoms. The quantitative estimate of drug-likeness (QED) is 0.839. The van der Waals surface area contributed by atoms with Gasteiger partial charge in [-0.1, -0.05) is 18.1 Å². The number of carbonyl (C=O) groups excluding carboxylic acids is 1. The first-order valence-corrected chi connectivity index (χ1v) is 7.11. The van der Waals surface area contributed by atoms with E-state index in [2.05, 4.69) is 25.9 Å². The molecule has 0 bridgehead atoms. The van der Waals surface area contributed by atoms with Gasteiger partial charge < -0.3 is 10.2 Å². The van der Waals surface area contributed by atoms with Crippen molar-refractivity contribution in [2.75, 3.05) is 13.1 Å². The molecule has 1 saturated carbocycles. The molecule has 104 valence electrons. The molecule has 2 aliphatic rings. The second-order valence-electron chi connectivity index (χ2n) is 5.50. The van der Waals surface area contributed by atoms with E-state index >= 15 is 0 Å². The van der Waals surface area contributed by atoms with Crippen LogP contribution in [-0.4, -0.2) is 44.6 Å². The van der Waals surface area contributed by atoms with Gasteiger partial charge in [0.2, 0.25) is 0 Å². The van der Waals surface area contributed by atoms with E-state index in [-0.39, 0.29) is 6.03 Å². The minimum Gasteiger partial charge on any atom is -0.325 e. The molecule has 7 heteroatoms. The Labute approximate surface area is 112 Å². The highest BCUT2D eigenvalue weighted by Gasteiger charge is 2.44. The zero-order valence-electron chi connectivity index (χ0n) is 11.1. The van der Waals surface area contributed by atoms with E-state index in [9.17, 15) is 4.79 Å². The highest BCUT2D eigenvalue weighted by molar-refractivity contribution is 5.75. The number of carbonyl (C=O) groups is 1. The van der Waals surface area contributed by atoms with E-state index in [1.807, 2.05) is 4.90 Å². The van der Waals surface area contributed by atoms with Crippen LogP contribution >= 0.6 is 0 Å². The van der Waals surface area contributed by atoms with Crippen molar-refractivity contribution in [2.24, 2.45) is 0 Å². The number of aromatic amines is 1. The molecule has 0 unspecified atom stereocenters. The summed E-state index contributed by atoms with van der Waals surface area (Å²) in [7, 11) is 0. The van der Waals surface area contributed by atoms with Crippen molar-refractivity contribution in [3.8, 4) is 0 Å². The number of hydrogen-bond acceptors (Lipinski definition) is 4. The summed E-state index contributed by atoms with van der Waals surface area (Å²) in [6.07, 6.45) is 7.53. The van der Waals surface area contributed by atoms with Crippen LogP contribution in [0.2, 0.25) is 0 Å². The van der Waals surface area contributed by atoms with Crippen molar-refractivity contribution in [2.45, 2.75) is 50.5 Å². The minimum absolute atomic E-state index is 0.0198. The third kappa shape index (κ3) is 2.41. The maximum Gasteiger partial charge on any atom is 0.318 e. The highest BCUT2D eigenvalue weighted by Crippen LogP contribution is 2.39. The second kappa shape index (κ2) is 5.14. The average molecular weight is 264 g/mol. The van der Waals surface area contributed by atoms with Gasteiger partial charge >= 0.3 is 6.03 Å². The number of nitrogens with zero attached hydrogens (tertiary/aromatic N) is 4. The zero-order valence-corrected chi connectivity index (χ0v) is 11.1. The summed E-state index contributed by atoms with van der Waals surface area (Å²) >= 11 is 0. The van der Waals surface area contributed by atoms with E-state index in [1.54, 1.807) is 0 Å². The molecule has 0 spiro atoms. The number of tetrazole rings is 1. The van der Waals surface area contributed by atoms with Crippen LogP contribution in [0.4, 0.5) is 4.79 Å². The van der Waals surface area contributed by atoms with Gasteiger partial charge in [-0.15, -0.1) is 10.2 Å². The van der Waals surface area contributed by atoms with Crippen LogP contribution in [-0.2, 0) is 5.54 Å². The first-order valence-electron chi connectivity index (χ1n) is 7.11. The number of H-pyrrole nitrogens is 1. The van der Waals surface area contributed by atoms with Crippen LogP contribution in [0.25, 0.3) is 0 Å². The molecule has 1 aromatic heterocycles. The van der Waals surface area contributed by atoms with Gasteiger partial charge in [-0.25, -0.2) is 4.79 Å². The Kier molecular flexibility index (Phi) is 3.35. The van der Waals surface area contributed by atoms with Crippen LogP contribution in [0, 0.1) is 0 Å². The van der Waals surface area contributed by atoms with Gasteiger partial charge in [-0.3, -0.25) is 0 Å². The largest absolute Gasteiger partial charge is 0.325 e. The van der Waals surface area contributed by atoms with Crippen LogP contribution in [0.3, 0.4) is 0 Å². The third-order valence-corrected chi connectivity index (χ3v) is 4.22. The smallest absolute Gasteiger partial charge is 0.318 e. The van der Waals surface area contributed by atoms with Gasteiger partial charge in [-0.2, -0.15) is 5.21 Å². The Morgan fingerprint density at radius 3 is 2.42 bits per heavy atom. The van der Waals surface area contributed by atoms with E-state index in [0.29, 0.717) is 5.82 Å². The molecule has 1 saturated heterocycles. The van der Waals surface area contributed by atoms with Crippen molar-refractivity contribution in [1.29, 1.82) is 0 Å².